The van der Waals surface area contributed by atoms with Crippen molar-refractivity contribution in [1.29, 1.82) is 0 Å². The van der Waals surface area contributed by atoms with Crippen LogP contribution in [0.15, 0.2) is 36.4 Å². The van der Waals surface area contributed by atoms with Crippen LogP contribution in [-0.4, -0.2) is 5.78 Å². The van der Waals surface area contributed by atoms with Crippen LogP contribution in [0, 0.1) is 11.3 Å². The molecule has 1 aliphatic rings. The van der Waals surface area contributed by atoms with Crippen molar-refractivity contribution in [2.24, 2.45) is 11.3 Å². The third kappa shape index (κ3) is 1.50. The second-order valence-corrected chi connectivity index (χ2v) is 6.01. The van der Waals surface area contributed by atoms with Gasteiger partial charge in [0.25, 0.3) is 0 Å². The second kappa shape index (κ2) is 3.68. The van der Waals surface area contributed by atoms with E-state index in [1.165, 1.54) is 10.9 Å². The first-order chi connectivity index (χ1) is 8.50. The second-order valence-electron chi connectivity index (χ2n) is 6.01. The molecule has 0 amide bonds. The van der Waals surface area contributed by atoms with Crippen LogP contribution in [0.5, 0.6) is 0 Å². The molecular formula is C17H18O. The molecule has 0 fully saturated rings. The van der Waals surface area contributed by atoms with Crippen molar-refractivity contribution in [3.8, 4) is 0 Å². The average Bonchev–Trinajstić information content (AvgIpc) is 2.35. The molecule has 0 aromatic heterocycles. The van der Waals surface area contributed by atoms with Crippen molar-refractivity contribution in [2.45, 2.75) is 27.2 Å². The minimum atomic E-state index is -0.241. The topological polar surface area (TPSA) is 17.1 Å². The number of carbonyl (C=O) groups is 1. The van der Waals surface area contributed by atoms with Crippen LogP contribution in [0.2, 0.25) is 0 Å². The van der Waals surface area contributed by atoms with Crippen molar-refractivity contribution in [3.63, 3.8) is 0 Å². The number of hydrogen-bond donors (Lipinski definition) is 0. The van der Waals surface area contributed by atoms with E-state index in [-0.39, 0.29) is 5.41 Å². The van der Waals surface area contributed by atoms with Gasteiger partial charge in [-0.05, 0) is 34.7 Å². The number of fused-ring (bicyclic) bond motifs is 2. The summed E-state index contributed by atoms with van der Waals surface area (Å²) in [5.41, 5.74) is 1.90. The first kappa shape index (κ1) is 11.5. The molecular weight excluding hydrogens is 220 g/mol. The summed E-state index contributed by atoms with van der Waals surface area (Å²) in [6.45, 7) is 6.31. The summed E-state index contributed by atoms with van der Waals surface area (Å²) in [6, 6.07) is 12.5. The molecule has 0 N–H and O–H groups in total. The van der Waals surface area contributed by atoms with Gasteiger partial charge >= 0.3 is 0 Å². The number of rotatable bonds is 0. The Bertz CT molecular complexity index is 637. The number of hydrogen-bond acceptors (Lipinski definition) is 1. The van der Waals surface area contributed by atoms with Gasteiger partial charge in [-0.15, -0.1) is 0 Å². The molecule has 1 unspecified atom stereocenters. The van der Waals surface area contributed by atoms with Crippen LogP contribution in [0.1, 0.15) is 36.7 Å². The summed E-state index contributed by atoms with van der Waals surface area (Å²) in [5.74, 6) is 0.695. The maximum Gasteiger partial charge on any atom is 0.169 e. The average molecular weight is 238 g/mol. The van der Waals surface area contributed by atoms with Crippen LogP contribution in [0.3, 0.4) is 0 Å². The Hall–Kier alpha value is -1.63. The zero-order chi connectivity index (χ0) is 12.9. The van der Waals surface area contributed by atoms with Gasteiger partial charge in [0, 0.05) is 11.0 Å². The van der Waals surface area contributed by atoms with E-state index in [0.29, 0.717) is 11.7 Å². The molecule has 0 heterocycles. The number of Topliss-reactive ketones (excluding diaryl/α,β-unsaturated/α-hetero) is 1. The molecule has 1 atom stereocenters. The molecule has 0 saturated heterocycles. The lowest BCUT2D eigenvalue weighted by Gasteiger charge is -2.36. The molecule has 2 aromatic rings. The van der Waals surface area contributed by atoms with E-state index in [0.717, 1.165) is 17.4 Å². The van der Waals surface area contributed by atoms with E-state index < -0.39 is 0 Å². The van der Waals surface area contributed by atoms with Crippen LogP contribution >= 0.6 is 0 Å². The first-order valence-corrected chi connectivity index (χ1v) is 6.56. The highest BCUT2D eigenvalue weighted by molar-refractivity contribution is 6.05. The van der Waals surface area contributed by atoms with Crippen LogP contribution in [-0.2, 0) is 6.42 Å². The summed E-state index contributed by atoms with van der Waals surface area (Å²) in [4.78, 5) is 12.6. The monoisotopic (exact) mass is 238 g/mol. The molecule has 1 heteroatoms. The molecule has 0 bridgehead atoms. The first-order valence-electron chi connectivity index (χ1n) is 6.56. The van der Waals surface area contributed by atoms with Gasteiger partial charge in [0.1, 0.15) is 0 Å². The predicted molar refractivity (Wildman–Crippen MR) is 74.9 cm³/mol. The van der Waals surface area contributed by atoms with E-state index in [1.807, 2.05) is 12.1 Å². The van der Waals surface area contributed by atoms with Gasteiger partial charge in [-0.1, -0.05) is 51.1 Å². The molecule has 0 radical (unpaired) electrons. The number of benzene rings is 2. The Morgan fingerprint density at radius 3 is 2.39 bits per heavy atom. The maximum atomic E-state index is 12.6. The van der Waals surface area contributed by atoms with E-state index in [1.54, 1.807) is 0 Å². The lowest BCUT2D eigenvalue weighted by molar-refractivity contribution is 0.0732. The summed E-state index contributed by atoms with van der Waals surface area (Å²) >= 11 is 0. The van der Waals surface area contributed by atoms with Crippen LogP contribution in [0.25, 0.3) is 10.8 Å². The molecule has 0 spiro atoms. The molecule has 1 aliphatic carbocycles. The molecule has 0 saturated carbocycles. The maximum absolute atomic E-state index is 12.6. The highest BCUT2D eigenvalue weighted by Gasteiger charge is 2.39. The van der Waals surface area contributed by atoms with Gasteiger partial charge in [0.2, 0.25) is 0 Å². The Kier molecular flexibility index (Phi) is 2.34. The van der Waals surface area contributed by atoms with E-state index in [4.69, 9.17) is 0 Å². The minimum Gasteiger partial charge on any atom is -0.294 e. The van der Waals surface area contributed by atoms with Crippen molar-refractivity contribution in [1.82, 2.24) is 0 Å². The van der Waals surface area contributed by atoms with Gasteiger partial charge in [0.15, 0.2) is 5.78 Å². The highest BCUT2D eigenvalue weighted by Crippen LogP contribution is 2.40. The number of ketones is 1. The van der Waals surface area contributed by atoms with Gasteiger partial charge in [-0.3, -0.25) is 4.79 Å². The van der Waals surface area contributed by atoms with E-state index in [9.17, 15) is 4.79 Å². The summed E-state index contributed by atoms with van der Waals surface area (Å²) in [6.07, 6.45) is 0.999. The largest absolute Gasteiger partial charge is 0.294 e. The lowest BCUT2D eigenvalue weighted by atomic mass is 9.66. The molecule has 0 aliphatic heterocycles. The third-order valence-corrected chi connectivity index (χ3v) is 4.56. The third-order valence-electron chi connectivity index (χ3n) is 4.56. The van der Waals surface area contributed by atoms with Crippen molar-refractivity contribution in [3.05, 3.63) is 47.5 Å². The van der Waals surface area contributed by atoms with Crippen LogP contribution < -0.4 is 0 Å². The fraction of sp³-hybridized carbons (Fsp3) is 0.353. The standard InChI is InChI=1S/C17H18O/c1-11-8-14-9-12-6-4-5-7-13(12)10-15(14)16(18)17(11,2)3/h4-7,9-11H,8H2,1-3H3. The van der Waals surface area contributed by atoms with E-state index >= 15 is 0 Å². The minimum absolute atomic E-state index is 0.241. The fourth-order valence-electron chi connectivity index (χ4n) is 2.82. The fourth-order valence-corrected chi connectivity index (χ4v) is 2.82. The van der Waals surface area contributed by atoms with Crippen molar-refractivity contribution >= 4 is 16.6 Å². The van der Waals surface area contributed by atoms with Crippen molar-refractivity contribution < 1.29 is 4.79 Å². The molecule has 92 valence electrons. The zero-order valence-electron chi connectivity index (χ0n) is 11.2. The summed E-state index contributed by atoms with van der Waals surface area (Å²) < 4.78 is 0. The molecule has 2 aromatic carbocycles. The lowest BCUT2D eigenvalue weighted by Crippen LogP contribution is -2.37. The van der Waals surface area contributed by atoms with E-state index in [2.05, 4.69) is 45.0 Å². The smallest absolute Gasteiger partial charge is 0.169 e. The predicted octanol–water partition coefficient (Wildman–Crippen LogP) is 4.24. The molecule has 18 heavy (non-hydrogen) atoms. The zero-order valence-corrected chi connectivity index (χ0v) is 11.2. The Balaban J connectivity index is 2.26. The van der Waals surface area contributed by atoms with Gasteiger partial charge < -0.3 is 0 Å². The quantitative estimate of drug-likeness (QED) is 0.671. The van der Waals surface area contributed by atoms with Gasteiger partial charge in [-0.2, -0.15) is 0 Å². The van der Waals surface area contributed by atoms with Gasteiger partial charge in [-0.25, -0.2) is 0 Å². The summed E-state index contributed by atoms with van der Waals surface area (Å²) in [7, 11) is 0. The number of carbonyl (C=O) groups excluding carboxylic acids is 1. The highest BCUT2D eigenvalue weighted by atomic mass is 16.1. The summed E-state index contributed by atoms with van der Waals surface area (Å²) in [5, 5.41) is 2.39. The molecule has 3 rings (SSSR count). The van der Waals surface area contributed by atoms with Gasteiger partial charge in [0.05, 0.1) is 0 Å². The SMILES string of the molecule is CC1Cc2cc3ccccc3cc2C(=O)C1(C)C. The van der Waals surface area contributed by atoms with Crippen molar-refractivity contribution in [2.75, 3.05) is 0 Å². The molecule has 1 nitrogen and oxygen atoms in total. The Morgan fingerprint density at radius 2 is 1.72 bits per heavy atom. The Labute approximate surface area is 108 Å². The normalized spacial score (nSPS) is 21.9. The Morgan fingerprint density at radius 1 is 1.11 bits per heavy atom. The van der Waals surface area contributed by atoms with Crippen LogP contribution in [0.4, 0.5) is 0 Å².